The fourth-order valence-corrected chi connectivity index (χ4v) is 3.31. The van der Waals surface area contributed by atoms with Gasteiger partial charge in [0.25, 0.3) is 0 Å². The molecule has 124 valence electrons. The van der Waals surface area contributed by atoms with Crippen LogP contribution in [0.3, 0.4) is 0 Å². The molecule has 24 heavy (non-hydrogen) atoms. The molecular weight excluding hydrogens is 322 g/mol. The molecular formula is C18H19N3O2S. The van der Waals surface area contributed by atoms with E-state index in [2.05, 4.69) is 15.3 Å². The van der Waals surface area contributed by atoms with Gasteiger partial charge in [-0.3, -0.25) is 4.98 Å². The number of methoxy groups -OCH3 is 2. The molecule has 0 spiro atoms. The van der Waals surface area contributed by atoms with Gasteiger partial charge in [0, 0.05) is 42.8 Å². The Labute approximate surface area is 145 Å². The maximum atomic E-state index is 5.45. The highest BCUT2D eigenvalue weighted by molar-refractivity contribution is 7.15. The molecule has 0 aliphatic rings. The second-order valence-electron chi connectivity index (χ2n) is 5.12. The van der Waals surface area contributed by atoms with Crippen molar-refractivity contribution in [1.29, 1.82) is 0 Å². The van der Waals surface area contributed by atoms with Gasteiger partial charge in [-0.05, 0) is 12.1 Å². The lowest BCUT2D eigenvalue weighted by Gasteiger charge is -2.12. The number of thiazole rings is 1. The fourth-order valence-electron chi connectivity index (χ4n) is 2.43. The van der Waals surface area contributed by atoms with Gasteiger partial charge in [0.05, 0.1) is 19.1 Å². The average Bonchev–Trinajstić information content (AvgIpc) is 3.11. The Kier molecular flexibility index (Phi) is 5.40. The number of nitrogens with one attached hydrogen (secondary N) is 1. The highest BCUT2D eigenvalue weighted by atomic mass is 32.1. The number of para-hydroxylation sites is 1. The number of rotatable bonds is 7. The van der Waals surface area contributed by atoms with Crippen molar-refractivity contribution in [1.82, 2.24) is 15.3 Å². The summed E-state index contributed by atoms with van der Waals surface area (Å²) in [5.74, 6) is 1.51. The van der Waals surface area contributed by atoms with E-state index in [1.165, 1.54) is 0 Å². The quantitative estimate of drug-likeness (QED) is 0.713. The van der Waals surface area contributed by atoms with Crippen LogP contribution in [0, 0.1) is 0 Å². The second kappa shape index (κ2) is 7.90. The molecule has 1 aromatic carbocycles. The summed E-state index contributed by atoms with van der Waals surface area (Å²) in [6.45, 7) is 1.38. The van der Waals surface area contributed by atoms with E-state index >= 15 is 0 Å². The maximum Gasteiger partial charge on any atom is 0.165 e. The molecule has 5 nitrogen and oxygen atoms in total. The minimum absolute atomic E-state index is 0.683. The highest BCUT2D eigenvalue weighted by Crippen LogP contribution is 2.30. The molecule has 0 unspecified atom stereocenters. The van der Waals surface area contributed by atoms with Crippen molar-refractivity contribution >= 4 is 11.3 Å². The van der Waals surface area contributed by atoms with Crippen molar-refractivity contribution in [2.75, 3.05) is 14.2 Å². The number of benzene rings is 1. The van der Waals surface area contributed by atoms with Crippen LogP contribution >= 0.6 is 11.3 Å². The molecule has 0 aliphatic heterocycles. The number of hydrogen-bond donors (Lipinski definition) is 1. The summed E-state index contributed by atoms with van der Waals surface area (Å²) in [5, 5.41) is 4.44. The third-order valence-corrected chi connectivity index (χ3v) is 4.62. The number of ether oxygens (including phenoxy) is 2. The molecule has 0 atom stereocenters. The molecule has 1 N–H and O–H groups in total. The van der Waals surface area contributed by atoms with Gasteiger partial charge in [-0.2, -0.15) is 0 Å². The molecule has 3 aromatic rings. The Morgan fingerprint density at radius 3 is 2.71 bits per heavy atom. The molecule has 0 fully saturated rings. The summed E-state index contributed by atoms with van der Waals surface area (Å²) in [6, 6.07) is 9.85. The van der Waals surface area contributed by atoms with E-state index in [-0.39, 0.29) is 0 Å². The first kappa shape index (κ1) is 16.4. The first-order valence-corrected chi connectivity index (χ1v) is 8.39. The van der Waals surface area contributed by atoms with Crippen LogP contribution in [0.2, 0.25) is 0 Å². The third kappa shape index (κ3) is 3.72. The van der Waals surface area contributed by atoms with E-state index in [0.29, 0.717) is 13.1 Å². The second-order valence-corrected chi connectivity index (χ2v) is 6.23. The van der Waals surface area contributed by atoms with Crippen LogP contribution in [0.15, 0.2) is 48.9 Å². The van der Waals surface area contributed by atoms with Gasteiger partial charge in [0.1, 0.15) is 5.01 Å². The summed E-state index contributed by atoms with van der Waals surface area (Å²) in [6.07, 6.45) is 5.52. The van der Waals surface area contributed by atoms with Crippen molar-refractivity contribution in [3.05, 3.63) is 59.5 Å². The summed E-state index contributed by atoms with van der Waals surface area (Å²) < 4.78 is 10.8. The molecule has 0 aliphatic carbocycles. The third-order valence-electron chi connectivity index (χ3n) is 3.58. The van der Waals surface area contributed by atoms with E-state index in [1.807, 2.05) is 42.7 Å². The zero-order valence-corrected chi connectivity index (χ0v) is 14.5. The van der Waals surface area contributed by atoms with Crippen LogP contribution in [0.5, 0.6) is 11.5 Å². The SMILES string of the molecule is COc1cccc(CNCc2ncc(-c3cccnc3)s2)c1OC. The molecule has 6 heteroatoms. The summed E-state index contributed by atoms with van der Waals surface area (Å²) in [7, 11) is 3.30. The molecule has 0 amide bonds. The largest absolute Gasteiger partial charge is 0.493 e. The van der Waals surface area contributed by atoms with Gasteiger partial charge in [0.2, 0.25) is 0 Å². The van der Waals surface area contributed by atoms with Crippen LogP contribution in [0.4, 0.5) is 0 Å². The predicted octanol–water partition coefficient (Wildman–Crippen LogP) is 3.51. The molecule has 0 radical (unpaired) electrons. The highest BCUT2D eigenvalue weighted by Gasteiger charge is 2.09. The van der Waals surface area contributed by atoms with Crippen molar-refractivity contribution < 1.29 is 9.47 Å². The first-order chi connectivity index (χ1) is 11.8. The van der Waals surface area contributed by atoms with E-state index in [1.54, 1.807) is 31.8 Å². The van der Waals surface area contributed by atoms with Gasteiger partial charge in [-0.25, -0.2) is 4.98 Å². The van der Waals surface area contributed by atoms with Gasteiger partial charge in [0.15, 0.2) is 11.5 Å². The molecule has 0 bridgehead atoms. The maximum absolute atomic E-state index is 5.45. The monoisotopic (exact) mass is 341 g/mol. The number of pyridine rings is 1. The Balaban J connectivity index is 1.63. The van der Waals surface area contributed by atoms with Gasteiger partial charge in [-0.1, -0.05) is 18.2 Å². The van der Waals surface area contributed by atoms with E-state index < -0.39 is 0 Å². The summed E-state index contributed by atoms with van der Waals surface area (Å²) >= 11 is 1.67. The molecule has 0 saturated heterocycles. The molecule has 3 rings (SSSR count). The normalized spacial score (nSPS) is 10.6. The summed E-state index contributed by atoms with van der Waals surface area (Å²) in [4.78, 5) is 9.74. The number of nitrogens with zero attached hydrogens (tertiary/aromatic N) is 2. The molecule has 0 saturated carbocycles. The van der Waals surface area contributed by atoms with E-state index in [4.69, 9.17) is 9.47 Å². The lowest BCUT2D eigenvalue weighted by Crippen LogP contribution is -2.13. The predicted molar refractivity (Wildman–Crippen MR) is 95.4 cm³/mol. The van der Waals surface area contributed by atoms with Crippen LogP contribution in [0.1, 0.15) is 10.6 Å². The smallest absolute Gasteiger partial charge is 0.165 e. The van der Waals surface area contributed by atoms with Crippen molar-refractivity contribution in [2.45, 2.75) is 13.1 Å². The van der Waals surface area contributed by atoms with Crippen molar-refractivity contribution in [2.24, 2.45) is 0 Å². The lowest BCUT2D eigenvalue weighted by atomic mass is 10.2. The van der Waals surface area contributed by atoms with Crippen LogP contribution in [-0.2, 0) is 13.1 Å². The average molecular weight is 341 g/mol. The minimum atomic E-state index is 0.683. The first-order valence-electron chi connectivity index (χ1n) is 7.57. The Bertz CT molecular complexity index is 790. The summed E-state index contributed by atoms with van der Waals surface area (Å²) in [5.41, 5.74) is 2.15. The Morgan fingerprint density at radius 1 is 1.04 bits per heavy atom. The number of hydrogen-bond acceptors (Lipinski definition) is 6. The van der Waals surface area contributed by atoms with Crippen molar-refractivity contribution in [3.8, 4) is 21.9 Å². The number of aromatic nitrogens is 2. The fraction of sp³-hybridized carbons (Fsp3) is 0.222. The van der Waals surface area contributed by atoms with Crippen molar-refractivity contribution in [3.63, 3.8) is 0 Å². The zero-order chi connectivity index (χ0) is 16.8. The van der Waals surface area contributed by atoms with Crippen LogP contribution in [0.25, 0.3) is 10.4 Å². The minimum Gasteiger partial charge on any atom is -0.493 e. The standard InChI is InChI=1S/C18H19N3O2S/c1-22-15-7-3-5-14(18(15)23-2)10-20-12-17-21-11-16(24-17)13-6-4-8-19-9-13/h3-9,11,20H,10,12H2,1-2H3. The Hall–Kier alpha value is -2.44. The van der Waals surface area contributed by atoms with Gasteiger partial charge < -0.3 is 14.8 Å². The van der Waals surface area contributed by atoms with E-state index in [0.717, 1.165) is 32.5 Å². The topological polar surface area (TPSA) is 56.3 Å². The van der Waals surface area contributed by atoms with Gasteiger partial charge >= 0.3 is 0 Å². The lowest BCUT2D eigenvalue weighted by molar-refractivity contribution is 0.350. The van der Waals surface area contributed by atoms with Crippen LogP contribution < -0.4 is 14.8 Å². The molecule has 2 aromatic heterocycles. The van der Waals surface area contributed by atoms with Crippen LogP contribution in [-0.4, -0.2) is 24.2 Å². The van der Waals surface area contributed by atoms with Gasteiger partial charge in [-0.15, -0.1) is 11.3 Å². The van der Waals surface area contributed by atoms with E-state index in [9.17, 15) is 0 Å². The zero-order valence-electron chi connectivity index (χ0n) is 13.7. The molecule has 2 heterocycles. The Morgan fingerprint density at radius 2 is 1.96 bits per heavy atom.